The van der Waals surface area contributed by atoms with E-state index in [1.807, 2.05) is 38.1 Å². The number of dihydropyridines is 1. The molecule has 3 aliphatic heterocycles. The number of hydrogen-bond donors (Lipinski definition) is 1. The molecular formula is C61H65N3. The fourth-order valence-electron chi connectivity index (χ4n) is 7.94. The maximum Gasteiger partial charge on any atom is 0.0687 e. The van der Waals surface area contributed by atoms with Gasteiger partial charge in [-0.25, -0.2) is 0 Å². The Morgan fingerprint density at radius 1 is 0.828 bits per heavy atom. The molecule has 0 saturated heterocycles. The number of nitrogens with one attached hydrogen (secondary N) is 1. The Morgan fingerprint density at radius 3 is 2.33 bits per heavy atom. The molecule has 3 aromatic carbocycles. The minimum atomic E-state index is 0.0398. The molecule has 324 valence electrons. The Balaban J connectivity index is 0.00000187. The molecule has 7 rings (SSSR count). The smallest absolute Gasteiger partial charge is 0.0687 e. The van der Waals surface area contributed by atoms with E-state index in [9.17, 15) is 0 Å². The molecule has 3 nitrogen and oxygen atoms in total. The van der Waals surface area contributed by atoms with E-state index >= 15 is 0 Å². The number of rotatable bonds is 10. The van der Waals surface area contributed by atoms with Crippen LogP contribution in [0.25, 0.3) is 11.3 Å². The third-order valence-corrected chi connectivity index (χ3v) is 11.2. The number of fused-ring (bicyclic) bond motifs is 1. The lowest BCUT2D eigenvalue weighted by Gasteiger charge is -2.33. The number of benzene rings is 3. The molecular weight excluding hydrogens is 775 g/mol. The van der Waals surface area contributed by atoms with Crippen molar-refractivity contribution in [1.82, 2.24) is 10.2 Å². The fourth-order valence-corrected chi connectivity index (χ4v) is 7.94. The molecule has 3 heterocycles. The monoisotopic (exact) mass is 840 g/mol. The van der Waals surface area contributed by atoms with E-state index < -0.39 is 0 Å². The fraction of sp³-hybridized carbons (Fsp3) is 0.180. The van der Waals surface area contributed by atoms with Crippen LogP contribution in [0.5, 0.6) is 0 Å². The van der Waals surface area contributed by atoms with Crippen molar-refractivity contribution in [3.05, 3.63) is 270 Å². The van der Waals surface area contributed by atoms with Gasteiger partial charge in [0.1, 0.15) is 0 Å². The van der Waals surface area contributed by atoms with E-state index in [0.29, 0.717) is 6.54 Å². The van der Waals surface area contributed by atoms with E-state index in [4.69, 9.17) is 6.42 Å². The highest BCUT2D eigenvalue weighted by atomic mass is 15.2. The summed E-state index contributed by atoms with van der Waals surface area (Å²) in [4.78, 5) is 4.89. The summed E-state index contributed by atoms with van der Waals surface area (Å²) in [5.41, 5.74) is 15.0. The average molecular weight is 840 g/mol. The molecule has 0 saturated carbocycles. The normalized spacial score (nSPS) is 21.5. The van der Waals surface area contributed by atoms with Crippen LogP contribution >= 0.6 is 0 Å². The van der Waals surface area contributed by atoms with Crippen molar-refractivity contribution in [2.24, 2.45) is 0 Å². The highest BCUT2D eigenvalue weighted by molar-refractivity contribution is 5.76. The first-order valence-corrected chi connectivity index (χ1v) is 22.6. The zero-order chi connectivity index (χ0) is 45.5. The number of nitrogens with zero attached hydrogens (tertiary/aromatic N) is 2. The first-order chi connectivity index (χ1) is 31.5. The van der Waals surface area contributed by atoms with Crippen LogP contribution in [0.15, 0.2) is 253 Å². The molecule has 0 fully saturated rings. The lowest BCUT2D eigenvalue weighted by molar-refractivity contribution is 0.420. The van der Waals surface area contributed by atoms with Crippen molar-refractivity contribution in [2.75, 3.05) is 24.5 Å². The molecule has 3 aromatic rings. The topological polar surface area (TPSA) is 18.5 Å². The van der Waals surface area contributed by atoms with Gasteiger partial charge in [-0.15, -0.1) is 19.6 Å². The SMILES string of the molecule is C#C/C=C(\C=C/CN1C\C=C/C(C2=C/CN(C3=CC(C4=CC=CC=CC4)NC(c4ccccc4)=C3)c3ccccc3C/C=C\2)=C\C(=C)C(/C=C\CC)=C\1C)c1ccccc1.C=C.CC. The van der Waals surface area contributed by atoms with Crippen LogP contribution in [0.2, 0.25) is 0 Å². The zero-order valence-electron chi connectivity index (χ0n) is 38.4. The second-order valence-corrected chi connectivity index (χ2v) is 15.2. The van der Waals surface area contributed by atoms with Crippen molar-refractivity contribution >= 4 is 17.0 Å². The summed E-state index contributed by atoms with van der Waals surface area (Å²) in [6.45, 7) is 21.2. The van der Waals surface area contributed by atoms with Gasteiger partial charge in [-0.05, 0) is 107 Å². The third kappa shape index (κ3) is 12.9. The van der Waals surface area contributed by atoms with Gasteiger partial charge in [0.2, 0.25) is 0 Å². The Kier molecular flexibility index (Phi) is 19.1. The summed E-state index contributed by atoms with van der Waals surface area (Å²) in [5.74, 6) is 2.72. The Bertz CT molecular complexity index is 2510. The Hall–Kier alpha value is -7.28. The zero-order valence-corrected chi connectivity index (χ0v) is 38.4. The van der Waals surface area contributed by atoms with Crippen LogP contribution in [-0.2, 0) is 6.42 Å². The van der Waals surface area contributed by atoms with Gasteiger partial charge in [0, 0.05) is 42.4 Å². The number of anilines is 1. The minimum absolute atomic E-state index is 0.0398. The predicted octanol–water partition coefficient (Wildman–Crippen LogP) is 14.6. The lowest BCUT2D eigenvalue weighted by atomic mass is 9.96. The molecule has 0 radical (unpaired) electrons. The highest BCUT2D eigenvalue weighted by Crippen LogP contribution is 2.34. The standard InChI is InChI=1S/C57H55N3.C2H6.C2H4/c1-5-7-35-54-44(3)41-52(34-22-39-59(45(54)4)38-21-33-46(23-6-2)47-24-14-10-15-25-47)48-31-20-32-51-30-18-19-36-57(51)60(40-37-48)53-42-55(49-26-12-8-9-13-27-49)58-56(43-53)50-28-16-11-17-29-50;2*1-2/h2,7-26,28-31,33-37,41-43,55,58H,3,5,27,32,38-40H2,1,4H3;1-2H3;1-2H2/b31-20-,33-21-,34-22-,35-7-,46-23+,48-37+,52-41+,54-45-;;. The Labute approximate surface area is 385 Å². The molecule has 1 N–H and O–H groups in total. The van der Waals surface area contributed by atoms with Gasteiger partial charge >= 0.3 is 0 Å². The molecule has 3 heteroatoms. The second-order valence-electron chi connectivity index (χ2n) is 15.2. The maximum absolute atomic E-state index is 5.74. The average Bonchev–Trinajstić information content (AvgIpc) is 3.57. The summed E-state index contributed by atoms with van der Waals surface area (Å²) in [6, 6.07) is 29.8. The predicted molar refractivity (Wildman–Crippen MR) is 280 cm³/mol. The van der Waals surface area contributed by atoms with Crippen LogP contribution < -0.4 is 10.2 Å². The van der Waals surface area contributed by atoms with Crippen LogP contribution in [0, 0.1) is 12.3 Å². The summed E-state index contributed by atoms with van der Waals surface area (Å²) in [7, 11) is 0. The van der Waals surface area contributed by atoms with Gasteiger partial charge in [-0.1, -0.05) is 197 Å². The first-order valence-electron chi connectivity index (χ1n) is 22.6. The van der Waals surface area contributed by atoms with Gasteiger partial charge in [0.05, 0.1) is 6.04 Å². The molecule has 64 heavy (non-hydrogen) atoms. The lowest BCUT2D eigenvalue weighted by Crippen LogP contribution is -2.35. The van der Waals surface area contributed by atoms with E-state index in [2.05, 4.69) is 225 Å². The van der Waals surface area contributed by atoms with Crippen molar-refractivity contribution < 1.29 is 0 Å². The number of para-hydroxylation sites is 1. The second kappa shape index (κ2) is 25.6. The molecule has 1 atom stereocenters. The van der Waals surface area contributed by atoms with Gasteiger partial charge in [0.25, 0.3) is 0 Å². The van der Waals surface area contributed by atoms with Gasteiger partial charge in [-0.3, -0.25) is 0 Å². The molecule has 0 aromatic heterocycles. The number of hydrogen-bond acceptors (Lipinski definition) is 3. The summed E-state index contributed by atoms with van der Waals surface area (Å²) in [6.07, 6.45) is 48.4. The highest BCUT2D eigenvalue weighted by Gasteiger charge is 2.24. The van der Waals surface area contributed by atoms with E-state index in [1.54, 1.807) is 0 Å². The molecule has 1 aliphatic carbocycles. The van der Waals surface area contributed by atoms with Crippen molar-refractivity contribution in [2.45, 2.75) is 53.0 Å². The van der Waals surface area contributed by atoms with Gasteiger partial charge < -0.3 is 15.1 Å². The maximum atomic E-state index is 5.74. The largest absolute Gasteiger partial charge is 0.374 e. The quantitative estimate of drug-likeness (QED) is 0.125. The van der Waals surface area contributed by atoms with Gasteiger partial charge in [-0.2, -0.15) is 0 Å². The summed E-state index contributed by atoms with van der Waals surface area (Å²) < 4.78 is 0. The van der Waals surface area contributed by atoms with Crippen LogP contribution in [0.3, 0.4) is 0 Å². The minimum Gasteiger partial charge on any atom is -0.374 e. The molecule has 0 amide bonds. The third-order valence-electron chi connectivity index (χ3n) is 11.2. The van der Waals surface area contributed by atoms with Crippen molar-refractivity contribution in [1.29, 1.82) is 0 Å². The molecule has 4 aliphatic rings. The van der Waals surface area contributed by atoms with Crippen molar-refractivity contribution in [3.63, 3.8) is 0 Å². The van der Waals surface area contributed by atoms with Crippen LogP contribution in [0.1, 0.15) is 57.2 Å². The molecule has 1 unspecified atom stereocenters. The Morgan fingerprint density at radius 2 is 1.56 bits per heavy atom. The first kappa shape index (κ1) is 47.8. The molecule has 0 bridgehead atoms. The number of allylic oxidation sites excluding steroid dienone is 20. The number of terminal acetylenes is 1. The van der Waals surface area contributed by atoms with E-state index in [-0.39, 0.29) is 6.04 Å². The summed E-state index contributed by atoms with van der Waals surface area (Å²) in [5, 5.41) is 3.88. The van der Waals surface area contributed by atoms with Crippen molar-refractivity contribution in [3.8, 4) is 12.3 Å². The van der Waals surface area contributed by atoms with Crippen LogP contribution in [-0.4, -0.2) is 30.6 Å². The van der Waals surface area contributed by atoms with Crippen LogP contribution in [0.4, 0.5) is 5.69 Å². The van der Waals surface area contributed by atoms with Gasteiger partial charge in [0.15, 0.2) is 0 Å². The van der Waals surface area contributed by atoms with E-state index in [0.717, 1.165) is 65.9 Å². The summed E-state index contributed by atoms with van der Waals surface area (Å²) >= 11 is 0. The van der Waals surface area contributed by atoms with E-state index in [1.165, 1.54) is 39.4 Å². The molecule has 0 spiro atoms.